The first-order chi connectivity index (χ1) is 10.9. The molecule has 0 bridgehead atoms. The second-order valence-corrected chi connectivity index (χ2v) is 7.46. The second-order valence-electron chi connectivity index (χ2n) is 4.73. The van der Waals surface area contributed by atoms with Gasteiger partial charge in [-0.05, 0) is 18.2 Å². The van der Waals surface area contributed by atoms with Crippen molar-refractivity contribution >= 4 is 33.0 Å². The zero-order valence-electron chi connectivity index (χ0n) is 11.8. The molecule has 0 fully saturated rings. The molecule has 0 unspecified atom stereocenters. The smallest absolute Gasteiger partial charge is 0.192 e. The van der Waals surface area contributed by atoms with Crippen molar-refractivity contribution in [1.82, 2.24) is 19.5 Å². The van der Waals surface area contributed by atoms with E-state index in [1.54, 1.807) is 29.2 Å². The van der Waals surface area contributed by atoms with E-state index in [-0.39, 0.29) is 10.2 Å². The Kier molecular flexibility index (Phi) is 4.09. The minimum Gasteiger partial charge on any atom is -0.297 e. The lowest BCUT2D eigenvalue weighted by molar-refractivity contribution is 0.598. The summed E-state index contributed by atoms with van der Waals surface area (Å²) in [5.41, 5.74) is 1.79. The standard InChI is InChI=1S/C14H10Cl2N4O2S/c1-23(21,22)12-3-2-9(6-19-12)20-8-17-7-11(20)13-10(15)4-5-18-14(13)16/h2-8H,1H3. The predicted octanol–water partition coefficient (Wildman–Crippen LogP) is 3.04. The van der Waals surface area contributed by atoms with E-state index in [0.717, 1.165) is 6.26 Å². The summed E-state index contributed by atoms with van der Waals surface area (Å²) < 4.78 is 24.7. The van der Waals surface area contributed by atoms with Gasteiger partial charge in [0.1, 0.15) is 5.15 Å². The summed E-state index contributed by atoms with van der Waals surface area (Å²) in [7, 11) is -3.35. The predicted molar refractivity (Wildman–Crippen MR) is 87.7 cm³/mol. The molecule has 0 spiro atoms. The number of halogens is 2. The van der Waals surface area contributed by atoms with Crippen LogP contribution >= 0.6 is 23.2 Å². The Bertz CT molecular complexity index is 948. The molecule has 0 radical (unpaired) electrons. The molecule has 3 rings (SSSR count). The van der Waals surface area contributed by atoms with Crippen molar-refractivity contribution in [3.05, 3.63) is 53.3 Å². The third kappa shape index (κ3) is 3.08. The van der Waals surface area contributed by atoms with Crippen molar-refractivity contribution in [2.75, 3.05) is 6.26 Å². The number of nitrogens with zero attached hydrogens (tertiary/aromatic N) is 4. The van der Waals surface area contributed by atoms with Crippen LogP contribution in [0.15, 0.2) is 48.1 Å². The first-order valence-corrected chi connectivity index (χ1v) is 9.02. The lowest BCUT2D eigenvalue weighted by Gasteiger charge is -2.10. The van der Waals surface area contributed by atoms with Crippen molar-refractivity contribution in [3.63, 3.8) is 0 Å². The van der Waals surface area contributed by atoms with E-state index in [1.807, 2.05) is 0 Å². The van der Waals surface area contributed by atoms with Crippen LogP contribution in [0.3, 0.4) is 0 Å². The minimum absolute atomic E-state index is 0.000331. The number of pyridine rings is 2. The van der Waals surface area contributed by atoms with Gasteiger partial charge in [-0.2, -0.15) is 0 Å². The van der Waals surface area contributed by atoms with E-state index >= 15 is 0 Å². The molecule has 118 valence electrons. The number of hydrogen-bond donors (Lipinski definition) is 0. The lowest BCUT2D eigenvalue weighted by Crippen LogP contribution is -2.02. The molecule has 23 heavy (non-hydrogen) atoms. The fourth-order valence-corrected chi connectivity index (χ4v) is 3.17. The Balaban J connectivity index is 2.12. The number of imidazole rings is 1. The first kappa shape index (κ1) is 15.9. The fourth-order valence-electron chi connectivity index (χ4n) is 2.06. The van der Waals surface area contributed by atoms with Crippen LogP contribution in [0.25, 0.3) is 16.9 Å². The van der Waals surface area contributed by atoms with Gasteiger partial charge in [0.2, 0.25) is 0 Å². The molecule has 3 aromatic heterocycles. The summed E-state index contributed by atoms with van der Waals surface area (Å²) in [4.78, 5) is 12.1. The monoisotopic (exact) mass is 368 g/mol. The van der Waals surface area contributed by atoms with Gasteiger partial charge in [-0.1, -0.05) is 23.2 Å². The molecule has 0 saturated carbocycles. The van der Waals surface area contributed by atoms with Gasteiger partial charge in [-0.3, -0.25) is 4.57 Å². The topological polar surface area (TPSA) is 77.7 Å². The van der Waals surface area contributed by atoms with Crippen molar-refractivity contribution in [1.29, 1.82) is 0 Å². The molecule has 0 N–H and O–H groups in total. The highest BCUT2D eigenvalue weighted by Gasteiger charge is 2.16. The summed E-state index contributed by atoms with van der Waals surface area (Å²) in [6, 6.07) is 4.69. The number of rotatable bonds is 3. The maximum Gasteiger partial charge on any atom is 0.192 e. The van der Waals surface area contributed by atoms with Gasteiger partial charge in [0.25, 0.3) is 0 Å². The van der Waals surface area contributed by atoms with E-state index in [1.165, 1.54) is 18.5 Å². The summed E-state index contributed by atoms with van der Waals surface area (Å²) in [5, 5.41) is 0.688. The van der Waals surface area contributed by atoms with Crippen LogP contribution in [-0.4, -0.2) is 34.2 Å². The van der Waals surface area contributed by atoms with E-state index < -0.39 is 9.84 Å². The van der Waals surface area contributed by atoms with Crippen molar-refractivity contribution in [2.24, 2.45) is 0 Å². The van der Waals surface area contributed by atoms with E-state index in [9.17, 15) is 8.42 Å². The highest BCUT2D eigenvalue weighted by atomic mass is 35.5. The SMILES string of the molecule is CS(=O)(=O)c1ccc(-n2cncc2-c2c(Cl)ccnc2Cl)cn1. The molecule has 0 amide bonds. The molecular formula is C14H10Cl2N4O2S. The Labute approximate surface area is 142 Å². The third-order valence-corrected chi connectivity index (χ3v) is 4.73. The van der Waals surface area contributed by atoms with Gasteiger partial charge in [0, 0.05) is 12.5 Å². The summed E-state index contributed by atoms with van der Waals surface area (Å²) >= 11 is 12.3. The van der Waals surface area contributed by atoms with E-state index in [0.29, 0.717) is 22.0 Å². The minimum atomic E-state index is -3.35. The van der Waals surface area contributed by atoms with Crippen LogP contribution in [-0.2, 0) is 9.84 Å². The van der Waals surface area contributed by atoms with Crippen molar-refractivity contribution < 1.29 is 8.42 Å². The van der Waals surface area contributed by atoms with Gasteiger partial charge in [0.05, 0.1) is 40.7 Å². The maximum absolute atomic E-state index is 11.5. The number of aromatic nitrogens is 4. The van der Waals surface area contributed by atoms with Crippen LogP contribution in [0.2, 0.25) is 10.2 Å². The summed E-state index contributed by atoms with van der Waals surface area (Å²) in [6.45, 7) is 0. The molecule has 6 nitrogen and oxygen atoms in total. The van der Waals surface area contributed by atoms with Gasteiger partial charge in [0.15, 0.2) is 14.9 Å². The lowest BCUT2D eigenvalue weighted by atomic mass is 10.2. The zero-order chi connectivity index (χ0) is 16.6. The largest absolute Gasteiger partial charge is 0.297 e. The van der Waals surface area contributed by atoms with Gasteiger partial charge in [-0.25, -0.2) is 23.4 Å². The molecule has 0 aliphatic rings. The van der Waals surface area contributed by atoms with Crippen molar-refractivity contribution in [3.8, 4) is 16.9 Å². The molecule has 9 heteroatoms. The van der Waals surface area contributed by atoms with Crippen LogP contribution < -0.4 is 0 Å². The molecule has 3 aromatic rings. The number of sulfone groups is 1. The highest BCUT2D eigenvalue weighted by Crippen LogP contribution is 2.34. The molecule has 0 atom stereocenters. The molecular weight excluding hydrogens is 359 g/mol. The normalized spacial score (nSPS) is 11.6. The first-order valence-electron chi connectivity index (χ1n) is 6.37. The van der Waals surface area contributed by atoms with Gasteiger partial charge < -0.3 is 0 Å². The van der Waals surface area contributed by atoms with Gasteiger partial charge in [-0.15, -0.1) is 0 Å². The Morgan fingerprint density at radius 2 is 1.87 bits per heavy atom. The second kappa shape index (κ2) is 5.92. The van der Waals surface area contributed by atoms with Crippen LogP contribution in [0.4, 0.5) is 0 Å². The summed E-state index contributed by atoms with van der Waals surface area (Å²) in [5.74, 6) is 0. The third-order valence-electron chi connectivity index (χ3n) is 3.13. The average Bonchev–Trinajstić information content (AvgIpc) is 2.95. The van der Waals surface area contributed by atoms with E-state index in [4.69, 9.17) is 23.2 Å². The molecule has 0 aromatic carbocycles. The molecule has 0 aliphatic heterocycles. The molecule has 0 aliphatic carbocycles. The molecule has 3 heterocycles. The van der Waals surface area contributed by atoms with Gasteiger partial charge >= 0.3 is 0 Å². The maximum atomic E-state index is 11.5. The van der Waals surface area contributed by atoms with Crippen molar-refractivity contribution in [2.45, 2.75) is 5.03 Å². The van der Waals surface area contributed by atoms with E-state index in [2.05, 4.69) is 15.0 Å². The van der Waals surface area contributed by atoms with Crippen LogP contribution in [0, 0.1) is 0 Å². The van der Waals surface area contributed by atoms with Crippen LogP contribution in [0.1, 0.15) is 0 Å². The fraction of sp³-hybridized carbons (Fsp3) is 0.0714. The van der Waals surface area contributed by atoms with Crippen LogP contribution in [0.5, 0.6) is 0 Å². The Hall–Kier alpha value is -1.96. The number of hydrogen-bond acceptors (Lipinski definition) is 5. The quantitative estimate of drug-likeness (QED) is 0.663. The average molecular weight is 369 g/mol. The molecule has 0 saturated heterocycles. The Morgan fingerprint density at radius 1 is 1.09 bits per heavy atom. The highest BCUT2D eigenvalue weighted by molar-refractivity contribution is 7.90. The Morgan fingerprint density at radius 3 is 2.48 bits per heavy atom. The summed E-state index contributed by atoms with van der Waals surface area (Å²) in [6.07, 6.45) is 7.22. The zero-order valence-corrected chi connectivity index (χ0v) is 14.1.